The molecule has 4 N–H and O–H groups in total. The molecule has 0 aromatic heterocycles. The molecule has 1 rings (SSSR count). The van der Waals surface area contributed by atoms with Gasteiger partial charge in [-0.25, -0.2) is 0 Å². The van der Waals surface area contributed by atoms with Crippen LogP contribution in [0, 0.1) is 5.41 Å². The molecule has 0 aromatic rings. The number of nitrogens with two attached hydrogens (primary N) is 1. The van der Waals surface area contributed by atoms with Gasteiger partial charge >= 0.3 is 0 Å². The fourth-order valence-electron chi connectivity index (χ4n) is 2.12. The maximum atomic E-state index is 11.9. The highest BCUT2D eigenvalue weighted by atomic mass is 16.4. The largest absolute Gasteiger partial charge is 0.409 e. The fourth-order valence-corrected chi connectivity index (χ4v) is 2.12. The maximum Gasteiger partial charge on any atom is 0.225 e. The van der Waals surface area contributed by atoms with Crippen molar-refractivity contribution in [3.63, 3.8) is 0 Å². The molecule has 92 valence electrons. The third-order valence-electron chi connectivity index (χ3n) is 3.28. The number of oxime groups is 1. The van der Waals surface area contributed by atoms with Crippen LogP contribution < -0.4 is 11.1 Å². The van der Waals surface area contributed by atoms with Gasteiger partial charge in [-0.1, -0.05) is 24.9 Å². The topological polar surface area (TPSA) is 87.7 Å². The standard InChI is InChI=1S/C11H21N3O2/c1-11(6-2-3-7-11)10(15)13-8-4-5-9(12)14-16/h16H,2-8H2,1H3,(H2,12,14)(H,13,15). The predicted molar refractivity (Wildman–Crippen MR) is 62.2 cm³/mol. The number of nitrogens with one attached hydrogen (secondary N) is 1. The Kier molecular flexibility index (Phi) is 4.58. The number of hydrogen-bond acceptors (Lipinski definition) is 3. The van der Waals surface area contributed by atoms with Crippen LogP contribution in [0.15, 0.2) is 5.16 Å². The molecule has 1 saturated carbocycles. The Morgan fingerprint density at radius 1 is 1.50 bits per heavy atom. The minimum absolute atomic E-state index is 0.143. The average Bonchev–Trinajstić information content (AvgIpc) is 2.72. The van der Waals surface area contributed by atoms with E-state index in [0.29, 0.717) is 19.4 Å². The number of carbonyl (C=O) groups excluding carboxylic acids is 1. The number of amidine groups is 1. The van der Waals surface area contributed by atoms with Crippen LogP contribution in [-0.2, 0) is 4.79 Å². The van der Waals surface area contributed by atoms with Crippen molar-refractivity contribution in [2.24, 2.45) is 16.3 Å². The van der Waals surface area contributed by atoms with Gasteiger partial charge in [-0.15, -0.1) is 0 Å². The molecule has 0 heterocycles. The maximum absolute atomic E-state index is 11.9. The van der Waals surface area contributed by atoms with Gasteiger partial charge in [0.25, 0.3) is 0 Å². The molecule has 0 aromatic carbocycles. The highest BCUT2D eigenvalue weighted by Crippen LogP contribution is 2.37. The van der Waals surface area contributed by atoms with Crippen LogP contribution >= 0.6 is 0 Å². The zero-order valence-electron chi connectivity index (χ0n) is 9.83. The van der Waals surface area contributed by atoms with Crippen molar-refractivity contribution in [2.75, 3.05) is 6.54 Å². The van der Waals surface area contributed by atoms with E-state index in [4.69, 9.17) is 10.9 Å². The summed E-state index contributed by atoms with van der Waals surface area (Å²) in [4.78, 5) is 11.9. The molecule has 0 saturated heterocycles. The Balaban J connectivity index is 2.20. The summed E-state index contributed by atoms with van der Waals surface area (Å²) in [6.45, 7) is 2.61. The van der Waals surface area contributed by atoms with E-state index in [1.165, 1.54) is 0 Å². The van der Waals surface area contributed by atoms with Gasteiger partial charge in [0.15, 0.2) is 0 Å². The molecular weight excluding hydrogens is 206 g/mol. The molecule has 1 aliphatic carbocycles. The van der Waals surface area contributed by atoms with E-state index in [1.54, 1.807) is 0 Å². The second-order valence-electron chi connectivity index (χ2n) is 4.72. The van der Waals surface area contributed by atoms with Crippen molar-refractivity contribution in [1.29, 1.82) is 0 Å². The van der Waals surface area contributed by atoms with E-state index >= 15 is 0 Å². The van der Waals surface area contributed by atoms with Crippen LogP contribution in [-0.4, -0.2) is 23.5 Å². The van der Waals surface area contributed by atoms with Crippen LogP contribution in [0.4, 0.5) is 0 Å². The van der Waals surface area contributed by atoms with Gasteiger partial charge in [-0.05, 0) is 19.3 Å². The Bertz CT molecular complexity index is 270. The predicted octanol–water partition coefficient (Wildman–Crippen LogP) is 1.21. The summed E-state index contributed by atoms with van der Waals surface area (Å²) in [5, 5.41) is 14.1. The Morgan fingerprint density at radius 3 is 2.69 bits per heavy atom. The second kappa shape index (κ2) is 5.72. The minimum atomic E-state index is -0.170. The SMILES string of the molecule is CC1(C(=O)NCCCC(N)=NO)CCCC1. The molecule has 0 unspecified atom stereocenters. The summed E-state index contributed by atoms with van der Waals surface area (Å²) < 4.78 is 0. The Hall–Kier alpha value is -1.26. The second-order valence-corrected chi connectivity index (χ2v) is 4.72. The van der Waals surface area contributed by atoms with E-state index in [-0.39, 0.29) is 17.2 Å². The lowest BCUT2D eigenvalue weighted by Crippen LogP contribution is -2.37. The molecule has 1 aliphatic rings. The van der Waals surface area contributed by atoms with Gasteiger partial charge in [0.05, 0.1) is 0 Å². The Morgan fingerprint density at radius 2 is 2.12 bits per heavy atom. The molecule has 0 radical (unpaired) electrons. The van der Waals surface area contributed by atoms with Gasteiger partial charge in [-0.2, -0.15) is 0 Å². The first-order valence-electron chi connectivity index (χ1n) is 5.83. The van der Waals surface area contributed by atoms with Crippen molar-refractivity contribution in [3.05, 3.63) is 0 Å². The van der Waals surface area contributed by atoms with Crippen molar-refractivity contribution in [1.82, 2.24) is 5.32 Å². The Labute approximate surface area is 96.1 Å². The van der Waals surface area contributed by atoms with Gasteiger partial charge in [0.1, 0.15) is 5.84 Å². The summed E-state index contributed by atoms with van der Waals surface area (Å²) >= 11 is 0. The lowest BCUT2D eigenvalue weighted by molar-refractivity contribution is -0.129. The van der Waals surface area contributed by atoms with E-state index in [2.05, 4.69) is 10.5 Å². The van der Waals surface area contributed by atoms with Crippen molar-refractivity contribution in [2.45, 2.75) is 45.4 Å². The van der Waals surface area contributed by atoms with Crippen LogP contribution in [0.3, 0.4) is 0 Å². The molecular formula is C11H21N3O2. The van der Waals surface area contributed by atoms with Crippen LogP contribution in [0.1, 0.15) is 45.4 Å². The third kappa shape index (κ3) is 3.40. The molecule has 16 heavy (non-hydrogen) atoms. The van der Waals surface area contributed by atoms with Gasteiger partial charge in [-0.3, -0.25) is 4.79 Å². The van der Waals surface area contributed by atoms with Gasteiger partial charge in [0.2, 0.25) is 5.91 Å². The first kappa shape index (κ1) is 12.8. The van der Waals surface area contributed by atoms with Crippen LogP contribution in [0.2, 0.25) is 0 Å². The van der Waals surface area contributed by atoms with Gasteiger partial charge < -0.3 is 16.3 Å². The normalized spacial score (nSPS) is 19.7. The zero-order valence-corrected chi connectivity index (χ0v) is 9.83. The third-order valence-corrected chi connectivity index (χ3v) is 3.28. The minimum Gasteiger partial charge on any atom is -0.409 e. The first-order valence-corrected chi connectivity index (χ1v) is 5.83. The number of amides is 1. The van der Waals surface area contributed by atoms with Crippen LogP contribution in [0.25, 0.3) is 0 Å². The fraction of sp³-hybridized carbons (Fsp3) is 0.818. The van der Waals surface area contributed by atoms with Crippen molar-refractivity contribution in [3.8, 4) is 0 Å². The molecule has 1 fully saturated rings. The lowest BCUT2D eigenvalue weighted by atomic mass is 9.88. The monoisotopic (exact) mass is 227 g/mol. The quantitative estimate of drug-likeness (QED) is 0.217. The molecule has 0 atom stereocenters. The number of nitrogens with zero attached hydrogens (tertiary/aromatic N) is 1. The first-order chi connectivity index (χ1) is 7.58. The summed E-state index contributed by atoms with van der Waals surface area (Å²) in [5.41, 5.74) is 5.16. The van der Waals surface area contributed by atoms with E-state index in [9.17, 15) is 4.79 Å². The smallest absolute Gasteiger partial charge is 0.225 e. The summed E-state index contributed by atoms with van der Waals surface area (Å²) in [6.07, 6.45) is 5.48. The molecule has 5 nitrogen and oxygen atoms in total. The summed E-state index contributed by atoms with van der Waals surface area (Å²) in [7, 11) is 0. The zero-order chi connectivity index (χ0) is 12.0. The number of hydrogen-bond donors (Lipinski definition) is 3. The van der Waals surface area contributed by atoms with Crippen molar-refractivity contribution < 1.29 is 10.0 Å². The molecule has 5 heteroatoms. The van der Waals surface area contributed by atoms with Crippen molar-refractivity contribution >= 4 is 11.7 Å². The van der Waals surface area contributed by atoms with E-state index < -0.39 is 0 Å². The number of rotatable bonds is 5. The van der Waals surface area contributed by atoms with E-state index in [1.807, 2.05) is 6.92 Å². The highest BCUT2D eigenvalue weighted by Gasteiger charge is 2.35. The average molecular weight is 227 g/mol. The summed E-state index contributed by atoms with van der Waals surface area (Å²) in [5.74, 6) is 0.353. The molecule has 0 bridgehead atoms. The molecule has 0 spiro atoms. The number of carbonyl (C=O) groups is 1. The molecule has 1 amide bonds. The van der Waals surface area contributed by atoms with Crippen LogP contribution in [0.5, 0.6) is 0 Å². The van der Waals surface area contributed by atoms with E-state index in [0.717, 1.165) is 25.7 Å². The lowest BCUT2D eigenvalue weighted by Gasteiger charge is -2.22. The summed E-state index contributed by atoms with van der Waals surface area (Å²) in [6, 6.07) is 0. The highest BCUT2D eigenvalue weighted by molar-refractivity contribution is 5.82. The van der Waals surface area contributed by atoms with Gasteiger partial charge in [0, 0.05) is 18.4 Å². The molecule has 0 aliphatic heterocycles.